The fraction of sp³-hybridized carbons (Fsp3) is 0.182. The van der Waals surface area contributed by atoms with Crippen LogP contribution in [0.15, 0.2) is 12.1 Å². The number of aryl methyl sites for hydroxylation is 1. The molecule has 1 aromatic carbocycles. The maximum Gasteiger partial charge on any atom is 0.375 e. The van der Waals surface area contributed by atoms with E-state index in [0.29, 0.717) is 12.5 Å². The molecule has 0 unspecified atom stereocenters. The van der Waals surface area contributed by atoms with Gasteiger partial charge in [0, 0.05) is 12.5 Å². The van der Waals surface area contributed by atoms with Crippen molar-refractivity contribution in [1.29, 1.82) is 0 Å². The Morgan fingerprint density at radius 3 is 2.68 bits per heavy atom. The molecule has 1 aromatic heterocycles. The Hall–Kier alpha value is -2.02. The number of halogens is 3. The SMILES string of the molecule is CCc1nc(C(=O)O)nn1-c1c(F)cc(F)cc1Cl. The Kier molecular flexibility index (Phi) is 3.48. The van der Waals surface area contributed by atoms with E-state index in [1.165, 1.54) is 0 Å². The fourth-order valence-electron chi connectivity index (χ4n) is 1.58. The first-order valence-electron chi connectivity index (χ1n) is 5.28. The molecule has 0 radical (unpaired) electrons. The molecule has 0 aliphatic rings. The van der Waals surface area contributed by atoms with Gasteiger partial charge in [0.15, 0.2) is 5.82 Å². The number of nitrogens with zero attached hydrogens (tertiary/aromatic N) is 3. The van der Waals surface area contributed by atoms with E-state index >= 15 is 0 Å². The summed E-state index contributed by atoms with van der Waals surface area (Å²) in [6.07, 6.45) is 0.313. The fourth-order valence-corrected chi connectivity index (χ4v) is 1.85. The summed E-state index contributed by atoms with van der Waals surface area (Å²) in [4.78, 5) is 14.6. The number of carboxylic acids is 1. The van der Waals surface area contributed by atoms with Crippen LogP contribution >= 0.6 is 11.6 Å². The summed E-state index contributed by atoms with van der Waals surface area (Å²) in [6.45, 7) is 1.70. The number of aromatic nitrogens is 3. The average molecular weight is 288 g/mol. The summed E-state index contributed by atoms with van der Waals surface area (Å²) in [5.41, 5.74) is -0.222. The molecule has 0 atom stereocenters. The summed E-state index contributed by atoms with van der Waals surface area (Å²) < 4.78 is 27.7. The quantitative estimate of drug-likeness (QED) is 0.941. The van der Waals surface area contributed by atoms with Crippen molar-refractivity contribution in [3.8, 4) is 5.69 Å². The van der Waals surface area contributed by atoms with Gasteiger partial charge in [-0.25, -0.2) is 23.2 Å². The molecule has 5 nitrogen and oxygen atoms in total. The van der Waals surface area contributed by atoms with Crippen molar-refractivity contribution in [1.82, 2.24) is 14.8 Å². The Morgan fingerprint density at radius 1 is 1.47 bits per heavy atom. The number of carboxylic acid groups (broad SMARTS) is 1. The lowest BCUT2D eigenvalue weighted by Gasteiger charge is -2.08. The lowest BCUT2D eigenvalue weighted by atomic mass is 10.3. The maximum absolute atomic E-state index is 13.8. The summed E-state index contributed by atoms with van der Waals surface area (Å²) in [5, 5.41) is 12.3. The van der Waals surface area contributed by atoms with Crippen LogP contribution in [0.25, 0.3) is 5.69 Å². The van der Waals surface area contributed by atoms with Crippen molar-refractivity contribution in [3.63, 3.8) is 0 Å². The standard InChI is InChI=1S/C11H8ClF2N3O2/c1-2-8-15-10(11(18)19)16-17(8)9-6(12)3-5(13)4-7(9)14/h3-4H,2H2,1H3,(H,18,19). The van der Waals surface area contributed by atoms with Crippen LogP contribution in [0.2, 0.25) is 5.02 Å². The molecule has 8 heteroatoms. The number of rotatable bonds is 3. The highest BCUT2D eigenvalue weighted by molar-refractivity contribution is 6.32. The highest BCUT2D eigenvalue weighted by Gasteiger charge is 2.20. The van der Waals surface area contributed by atoms with Crippen molar-refractivity contribution in [2.24, 2.45) is 0 Å². The van der Waals surface area contributed by atoms with Crippen molar-refractivity contribution in [2.75, 3.05) is 0 Å². The van der Waals surface area contributed by atoms with E-state index in [4.69, 9.17) is 16.7 Å². The molecule has 0 bridgehead atoms. The maximum atomic E-state index is 13.8. The molecular formula is C11H8ClF2N3O2. The number of benzene rings is 1. The average Bonchev–Trinajstić information content (AvgIpc) is 2.71. The zero-order valence-electron chi connectivity index (χ0n) is 9.69. The minimum Gasteiger partial charge on any atom is -0.475 e. The second-order valence-electron chi connectivity index (χ2n) is 3.64. The first kappa shape index (κ1) is 13.4. The molecule has 0 fully saturated rings. The zero-order valence-corrected chi connectivity index (χ0v) is 10.4. The van der Waals surface area contributed by atoms with Crippen LogP contribution in [-0.4, -0.2) is 25.8 Å². The van der Waals surface area contributed by atoms with E-state index in [2.05, 4.69) is 10.1 Å². The molecule has 0 amide bonds. The lowest BCUT2D eigenvalue weighted by Crippen LogP contribution is -2.07. The van der Waals surface area contributed by atoms with Gasteiger partial charge in [0.2, 0.25) is 0 Å². The predicted molar refractivity (Wildman–Crippen MR) is 62.6 cm³/mol. The van der Waals surface area contributed by atoms with Gasteiger partial charge in [-0.05, 0) is 6.07 Å². The van der Waals surface area contributed by atoms with Crippen molar-refractivity contribution in [2.45, 2.75) is 13.3 Å². The smallest absolute Gasteiger partial charge is 0.375 e. The molecule has 0 saturated carbocycles. The van der Waals surface area contributed by atoms with Gasteiger partial charge in [0.05, 0.1) is 5.02 Å². The van der Waals surface area contributed by atoms with Gasteiger partial charge >= 0.3 is 5.97 Å². The molecule has 1 heterocycles. The van der Waals surface area contributed by atoms with Crippen LogP contribution in [0.4, 0.5) is 8.78 Å². The van der Waals surface area contributed by atoms with Crippen LogP contribution in [0.3, 0.4) is 0 Å². The van der Waals surface area contributed by atoms with Gasteiger partial charge in [-0.1, -0.05) is 18.5 Å². The van der Waals surface area contributed by atoms with Gasteiger partial charge in [-0.15, -0.1) is 5.10 Å². The molecular weight excluding hydrogens is 280 g/mol. The van der Waals surface area contributed by atoms with Crippen LogP contribution in [0.5, 0.6) is 0 Å². The third-order valence-electron chi connectivity index (χ3n) is 2.38. The second kappa shape index (κ2) is 4.93. The topological polar surface area (TPSA) is 68.0 Å². The first-order chi connectivity index (χ1) is 8.93. The largest absolute Gasteiger partial charge is 0.475 e. The van der Waals surface area contributed by atoms with Gasteiger partial charge in [0.1, 0.15) is 17.3 Å². The van der Waals surface area contributed by atoms with Gasteiger partial charge in [-0.2, -0.15) is 0 Å². The van der Waals surface area contributed by atoms with E-state index in [9.17, 15) is 13.6 Å². The van der Waals surface area contributed by atoms with Crippen molar-refractivity contribution in [3.05, 3.63) is 40.4 Å². The number of carbonyl (C=O) groups is 1. The molecule has 0 aliphatic carbocycles. The zero-order chi connectivity index (χ0) is 14.2. The van der Waals surface area contributed by atoms with Crippen molar-refractivity contribution < 1.29 is 18.7 Å². The van der Waals surface area contributed by atoms with Crippen molar-refractivity contribution >= 4 is 17.6 Å². The number of aromatic carboxylic acids is 1. The van der Waals surface area contributed by atoms with Gasteiger partial charge < -0.3 is 5.11 Å². The Morgan fingerprint density at radius 2 is 2.16 bits per heavy atom. The van der Waals surface area contributed by atoms with Crippen LogP contribution < -0.4 is 0 Å². The molecule has 2 rings (SSSR count). The van der Waals surface area contributed by atoms with E-state index < -0.39 is 23.4 Å². The minimum atomic E-state index is -1.34. The van der Waals surface area contributed by atoms with Gasteiger partial charge in [0.25, 0.3) is 5.82 Å². The molecule has 1 N–H and O–H groups in total. The first-order valence-corrected chi connectivity index (χ1v) is 5.66. The summed E-state index contributed by atoms with van der Waals surface area (Å²) in [6, 6.07) is 1.56. The van der Waals surface area contributed by atoms with Crippen LogP contribution in [0.1, 0.15) is 23.4 Å². The summed E-state index contributed by atoms with van der Waals surface area (Å²) in [7, 11) is 0. The molecule has 100 valence electrons. The van der Waals surface area contributed by atoms with E-state index in [1.807, 2.05) is 0 Å². The molecule has 2 aromatic rings. The molecule has 0 aliphatic heterocycles. The normalized spacial score (nSPS) is 10.7. The molecule has 19 heavy (non-hydrogen) atoms. The van der Waals surface area contributed by atoms with Crippen LogP contribution in [-0.2, 0) is 6.42 Å². The second-order valence-corrected chi connectivity index (χ2v) is 4.05. The number of hydrogen-bond acceptors (Lipinski definition) is 3. The van der Waals surface area contributed by atoms with E-state index in [-0.39, 0.29) is 16.5 Å². The third-order valence-corrected chi connectivity index (χ3v) is 2.66. The van der Waals surface area contributed by atoms with Gasteiger partial charge in [-0.3, -0.25) is 0 Å². The predicted octanol–water partition coefficient (Wildman–Crippen LogP) is 2.46. The highest BCUT2D eigenvalue weighted by Crippen LogP contribution is 2.25. The minimum absolute atomic E-state index is 0.213. The molecule has 0 saturated heterocycles. The highest BCUT2D eigenvalue weighted by atomic mass is 35.5. The monoisotopic (exact) mass is 287 g/mol. The summed E-state index contributed by atoms with van der Waals surface area (Å²) >= 11 is 5.77. The Bertz CT molecular complexity index is 634. The van der Waals surface area contributed by atoms with Crippen LogP contribution in [0, 0.1) is 11.6 Å². The Labute approximate surface area is 111 Å². The lowest BCUT2D eigenvalue weighted by molar-refractivity contribution is 0.0683. The number of hydrogen-bond donors (Lipinski definition) is 1. The Balaban J connectivity index is 2.68. The van der Waals surface area contributed by atoms with E-state index in [1.54, 1.807) is 6.92 Å². The van der Waals surface area contributed by atoms with E-state index in [0.717, 1.165) is 10.7 Å². The third kappa shape index (κ3) is 2.41. The summed E-state index contributed by atoms with van der Waals surface area (Å²) in [5.74, 6) is -3.38. The molecule has 0 spiro atoms.